The van der Waals surface area contributed by atoms with E-state index in [0.29, 0.717) is 0 Å². The average Bonchev–Trinajstić information content (AvgIpc) is 3.84. The summed E-state index contributed by atoms with van der Waals surface area (Å²) in [6, 6.07) is 69.8. The summed E-state index contributed by atoms with van der Waals surface area (Å²) in [5.74, 6) is 0. The van der Waals surface area contributed by atoms with Crippen molar-refractivity contribution in [1.82, 2.24) is 0 Å². The molecule has 0 aliphatic carbocycles. The van der Waals surface area contributed by atoms with E-state index in [-0.39, 0.29) is 0 Å². The summed E-state index contributed by atoms with van der Waals surface area (Å²) in [7, 11) is 0. The maximum atomic E-state index is 6.61. The number of benzene rings is 10. The summed E-state index contributed by atoms with van der Waals surface area (Å²) in [5.41, 5.74) is 12.9. The van der Waals surface area contributed by atoms with Crippen molar-refractivity contribution in [2.75, 3.05) is 0 Å². The monoisotopic (exact) mass is 712 g/mol. The Kier molecular flexibility index (Phi) is 6.66. The minimum atomic E-state index is 0.863. The zero-order valence-electron chi connectivity index (χ0n) is 30.3. The molecule has 0 saturated carbocycles. The highest BCUT2D eigenvalue weighted by Gasteiger charge is 2.21. The van der Waals surface area contributed by atoms with Gasteiger partial charge in [0.15, 0.2) is 0 Å². The molecule has 2 heterocycles. The number of hydrogen-bond acceptors (Lipinski definition) is 2. The highest BCUT2D eigenvalue weighted by Crippen LogP contribution is 2.47. The molecule has 0 amide bonds. The Balaban J connectivity index is 1.13. The molecule has 2 heteroatoms. The maximum absolute atomic E-state index is 6.61. The molecule has 0 fully saturated rings. The van der Waals surface area contributed by atoms with Crippen molar-refractivity contribution in [3.05, 3.63) is 194 Å². The molecule has 12 rings (SSSR count). The quantitative estimate of drug-likeness (QED) is 0.170. The van der Waals surface area contributed by atoms with E-state index in [0.717, 1.165) is 60.6 Å². The Labute approximate surface area is 322 Å². The van der Waals surface area contributed by atoms with Gasteiger partial charge in [0.1, 0.15) is 22.3 Å². The van der Waals surface area contributed by atoms with Gasteiger partial charge in [-0.15, -0.1) is 0 Å². The molecule has 0 unspecified atom stereocenters. The smallest absolute Gasteiger partial charge is 0.143 e. The normalized spacial score (nSPS) is 11.9. The first-order valence-electron chi connectivity index (χ1n) is 19.2. The van der Waals surface area contributed by atoms with Crippen LogP contribution in [0.1, 0.15) is 0 Å². The van der Waals surface area contributed by atoms with Gasteiger partial charge in [0.05, 0.1) is 0 Å². The van der Waals surface area contributed by atoms with Crippen LogP contribution >= 0.6 is 0 Å². The molecule has 2 nitrogen and oxygen atoms in total. The van der Waals surface area contributed by atoms with Crippen LogP contribution in [-0.4, -0.2) is 0 Å². The molecule has 260 valence electrons. The molecular formula is C54H32O2. The van der Waals surface area contributed by atoms with Crippen LogP contribution in [0.5, 0.6) is 0 Å². The van der Waals surface area contributed by atoms with E-state index in [1.54, 1.807) is 0 Å². The second-order valence-corrected chi connectivity index (χ2v) is 14.7. The molecule has 0 atom stereocenters. The number of furan rings is 2. The molecule has 0 aliphatic rings. The third-order valence-corrected chi connectivity index (χ3v) is 11.6. The summed E-state index contributed by atoms with van der Waals surface area (Å²) >= 11 is 0. The molecule has 0 spiro atoms. The Hall–Kier alpha value is -7.42. The van der Waals surface area contributed by atoms with Crippen molar-refractivity contribution in [3.8, 4) is 44.5 Å². The first kappa shape index (κ1) is 31.0. The van der Waals surface area contributed by atoms with Crippen LogP contribution < -0.4 is 0 Å². The zero-order valence-corrected chi connectivity index (χ0v) is 30.3. The number of rotatable bonds is 4. The maximum Gasteiger partial charge on any atom is 0.143 e. The van der Waals surface area contributed by atoms with Crippen molar-refractivity contribution in [2.24, 2.45) is 0 Å². The third-order valence-electron chi connectivity index (χ3n) is 11.6. The van der Waals surface area contributed by atoms with E-state index in [1.165, 1.54) is 60.1 Å². The minimum Gasteiger partial charge on any atom is -0.456 e. The van der Waals surface area contributed by atoms with Crippen molar-refractivity contribution >= 4 is 76.2 Å². The van der Waals surface area contributed by atoms with Crippen LogP contribution in [0.2, 0.25) is 0 Å². The average molecular weight is 713 g/mol. The van der Waals surface area contributed by atoms with Gasteiger partial charge in [0.2, 0.25) is 0 Å². The highest BCUT2D eigenvalue weighted by molar-refractivity contribution is 6.23. The van der Waals surface area contributed by atoms with E-state index >= 15 is 0 Å². The fraction of sp³-hybridized carbons (Fsp3) is 0. The fourth-order valence-corrected chi connectivity index (χ4v) is 9.23. The number of para-hydroxylation sites is 2. The first-order valence-corrected chi connectivity index (χ1v) is 19.2. The summed E-state index contributed by atoms with van der Waals surface area (Å²) in [4.78, 5) is 0. The van der Waals surface area contributed by atoms with Gasteiger partial charge in [-0.2, -0.15) is 0 Å². The van der Waals surface area contributed by atoms with Crippen molar-refractivity contribution in [1.29, 1.82) is 0 Å². The van der Waals surface area contributed by atoms with E-state index < -0.39 is 0 Å². The standard InChI is InChI=1S/C54H32O2/c1-2-14-33(15-3-1)51-40-19-6-8-21-42(40)52(43-22-9-7-20-41(43)51)36-30-34-16-4-5-17-37(34)46(32-36)44-24-13-27-50-53(44)47-31-35(28-29-49(47)55-50)38-23-12-25-45-39-18-10-11-26-48(39)56-54(38)45/h1-32H. The second kappa shape index (κ2) is 12.0. The van der Waals surface area contributed by atoms with Crippen LogP contribution in [0.25, 0.3) is 121 Å². The molecule has 10 aromatic carbocycles. The van der Waals surface area contributed by atoms with Gasteiger partial charge in [0, 0.05) is 27.1 Å². The van der Waals surface area contributed by atoms with Crippen LogP contribution in [0, 0.1) is 0 Å². The summed E-state index contributed by atoms with van der Waals surface area (Å²) in [6.45, 7) is 0. The van der Waals surface area contributed by atoms with Gasteiger partial charge in [0.25, 0.3) is 0 Å². The molecule has 0 radical (unpaired) electrons. The molecule has 56 heavy (non-hydrogen) atoms. The van der Waals surface area contributed by atoms with Gasteiger partial charge >= 0.3 is 0 Å². The predicted molar refractivity (Wildman–Crippen MR) is 235 cm³/mol. The van der Waals surface area contributed by atoms with E-state index in [1.807, 2.05) is 12.1 Å². The van der Waals surface area contributed by atoms with Gasteiger partial charge < -0.3 is 8.83 Å². The topological polar surface area (TPSA) is 26.3 Å². The van der Waals surface area contributed by atoms with Crippen molar-refractivity contribution in [2.45, 2.75) is 0 Å². The molecule has 12 aromatic rings. The van der Waals surface area contributed by atoms with Crippen molar-refractivity contribution in [3.63, 3.8) is 0 Å². The summed E-state index contributed by atoms with van der Waals surface area (Å²) in [6.07, 6.45) is 0. The first-order chi connectivity index (χ1) is 27.8. The van der Waals surface area contributed by atoms with Crippen LogP contribution in [0.4, 0.5) is 0 Å². The minimum absolute atomic E-state index is 0.863. The Morgan fingerprint density at radius 1 is 0.268 bits per heavy atom. The fourth-order valence-electron chi connectivity index (χ4n) is 9.23. The van der Waals surface area contributed by atoms with Crippen LogP contribution in [0.3, 0.4) is 0 Å². The van der Waals surface area contributed by atoms with Gasteiger partial charge in [-0.1, -0.05) is 158 Å². The lowest BCUT2D eigenvalue weighted by Crippen LogP contribution is -1.92. The molecule has 0 aliphatic heterocycles. The molecule has 0 saturated heterocycles. The number of fused-ring (bicyclic) bond motifs is 9. The Morgan fingerprint density at radius 3 is 1.61 bits per heavy atom. The van der Waals surface area contributed by atoms with Crippen LogP contribution in [-0.2, 0) is 0 Å². The highest BCUT2D eigenvalue weighted by atomic mass is 16.3. The SMILES string of the molecule is c1ccc(-c2c3ccccc3c(-c3cc(-c4cccc5oc6ccc(-c7cccc8c7oc7ccccc78)cc6c45)c4ccccc4c3)c3ccccc23)cc1. The lowest BCUT2D eigenvalue weighted by Gasteiger charge is -2.19. The summed E-state index contributed by atoms with van der Waals surface area (Å²) in [5, 5.41) is 11.8. The molecule has 0 N–H and O–H groups in total. The molecular weight excluding hydrogens is 681 g/mol. The zero-order chi connectivity index (χ0) is 36.7. The second-order valence-electron chi connectivity index (χ2n) is 14.7. The van der Waals surface area contributed by atoms with Gasteiger partial charge in [-0.3, -0.25) is 0 Å². The predicted octanol–water partition coefficient (Wildman–Crippen LogP) is 15.6. The molecule has 0 bridgehead atoms. The van der Waals surface area contributed by atoms with E-state index in [2.05, 4.69) is 182 Å². The van der Waals surface area contributed by atoms with Crippen molar-refractivity contribution < 1.29 is 8.83 Å². The largest absolute Gasteiger partial charge is 0.456 e. The van der Waals surface area contributed by atoms with Gasteiger partial charge in [-0.05, 0) is 108 Å². The van der Waals surface area contributed by atoms with E-state index in [9.17, 15) is 0 Å². The lowest BCUT2D eigenvalue weighted by atomic mass is 9.84. The molecule has 2 aromatic heterocycles. The third kappa shape index (κ3) is 4.57. The number of hydrogen-bond donors (Lipinski definition) is 0. The lowest BCUT2D eigenvalue weighted by molar-refractivity contribution is 0.668. The Morgan fingerprint density at radius 2 is 0.839 bits per heavy atom. The Bertz CT molecular complexity index is 3470. The van der Waals surface area contributed by atoms with E-state index in [4.69, 9.17) is 8.83 Å². The van der Waals surface area contributed by atoms with Crippen LogP contribution in [0.15, 0.2) is 203 Å². The summed E-state index contributed by atoms with van der Waals surface area (Å²) < 4.78 is 13.1. The van der Waals surface area contributed by atoms with Gasteiger partial charge in [-0.25, -0.2) is 0 Å².